The van der Waals surface area contributed by atoms with Crippen molar-refractivity contribution in [2.45, 2.75) is 136 Å². The molecule has 0 spiro atoms. The molecule has 0 radical (unpaired) electrons. The van der Waals surface area contributed by atoms with Gasteiger partial charge in [-0.15, -0.1) is 5.10 Å². The lowest BCUT2D eigenvalue weighted by Crippen LogP contribution is -2.25. The van der Waals surface area contributed by atoms with Gasteiger partial charge in [-0.3, -0.25) is 20.0 Å². The second-order valence-electron chi connectivity index (χ2n) is 13.4. The van der Waals surface area contributed by atoms with Crippen LogP contribution in [0.1, 0.15) is 137 Å². The molecule has 0 fully saturated rings. The summed E-state index contributed by atoms with van der Waals surface area (Å²) in [5.74, 6) is -0.398. The molecule has 11 heteroatoms. The highest BCUT2D eigenvalue weighted by Gasteiger charge is 2.26. The van der Waals surface area contributed by atoms with Crippen LogP contribution in [0, 0.1) is 16.0 Å². The molecule has 0 aliphatic carbocycles. The Morgan fingerprint density at radius 1 is 0.978 bits per heavy atom. The van der Waals surface area contributed by atoms with E-state index in [-0.39, 0.29) is 29.4 Å². The van der Waals surface area contributed by atoms with Crippen LogP contribution in [0.4, 0.5) is 5.69 Å². The van der Waals surface area contributed by atoms with Gasteiger partial charge in [-0.1, -0.05) is 130 Å². The summed E-state index contributed by atoms with van der Waals surface area (Å²) in [6.45, 7) is 10.9. The third-order valence-electron chi connectivity index (χ3n) is 8.33. The predicted octanol–water partition coefficient (Wildman–Crippen LogP) is 10.0. The monoisotopic (exact) mass is 659 g/mol. The Labute approximate surface area is 279 Å². The lowest BCUT2D eigenvalue weighted by Gasteiger charge is -2.17. The van der Waals surface area contributed by atoms with Crippen molar-refractivity contribution in [2.24, 2.45) is 5.92 Å². The van der Waals surface area contributed by atoms with Crippen molar-refractivity contribution in [3.05, 3.63) is 39.0 Å². The molecule has 2 aromatic heterocycles. The largest absolute Gasteiger partial charge is 0.486 e. The van der Waals surface area contributed by atoms with Gasteiger partial charge in [-0.2, -0.15) is 4.63 Å². The van der Waals surface area contributed by atoms with Crippen LogP contribution in [0.5, 0.6) is 5.75 Å². The first-order valence-corrected chi connectivity index (χ1v) is 17.7. The van der Waals surface area contributed by atoms with E-state index in [1.54, 1.807) is 6.07 Å². The maximum absolute atomic E-state index is 13.1. The average molecular weight is 660 g/mol. The van der Waals surface area contributed by atoms with Crippen LogP contribution < -0.4 is 4.74 Å². The number of H-pyrrole nitrogens is 1. The van der Waals surface area contributed by atoms with Gasteiger partial charge in [0.05, 0.1) is 23.1 Å². The maximum atomic E-state index is 13.1. The number of rotatable bonds is 22. The summed E-state index contributed by atoms with van der Waals surface area (Å²) in [6, 6.07) is 4.60. The molecule has 1 atom stereocenters. The molecule has 10 nitrogen and oxygen atoms in total. The second kappa shape index (κ2) is 18.9. The van der Waals surface area contributed by atoms with E-state index in [2.05, 4.69) is 29.0 Å². The fourth-order valence-corrected chi connectivity index (χ4v) is 5.94. The van der Waals surface area contributed by atoms with Gasteiger partial charge in [0.25, 0.3) is 0 Å². The van der Waals surface area contributed by atoms with E-state index >= 15 is 0 Å². The number of hydrogen-bond donors (Lipinski definition) is 1. The van der Waals surface area contributed by atoms with Crippen LogP contribution in [0.2, 0.25) is 5.02 Å². The van der Waals surface area contributed by atoms with Crippen LogP contribution in [0.3, 0.4) is 0 Å². The van der Waals surface area contributed by atoms with Gasteiger partial charge in [-0.05, 0) is 25.0 Å². The minimum atomic E-state index is -0.495. The summed E-state index contributed by atoms with van der Waals surface area (Å²) in [4.78, 5) is 29.1. The van der Waals surface area contributed by atoms with E-state index in [0.29, 0.717) is 35.1 Å². The van der Waals surface area contributed by atoms with Crippen molar-refractivity contribution in [3.8, 4) is 17.1 Å². The van der Waals surface area contributed by atoms with E-state index in [1.807, 2.05) is 20.8 Å². The standard InChI is InChI=1S/C35H54ClN5O5/c1-6-8-10-12-13-14-15-16-17-19-23-45-34(42)27(20-18-11-9-7-2)25-46-29-22-21-26(24-28(29)41(43)44)32-37-33-30(36)31(35(3,4)5)38-40(33)39-32/h21-22,24,27,38H,6-20,23,25H2,1-5H3. The SMILES string of the molecule is CCCCCCCCCCCCOC(=O)C(CCCCCC)COc1ccc(-c2nc3c(Cl)c(C(C)(C)C)[nH]n3n2)cc1[N+](=O)[O-]. The van der Waals surface area contributed by atoms with Crippen molar-refractivity contribution in [2.75, 3.05) is 13.2 Å². The Kier molecular flexibility index (Phi) is 15.3. The zero-order valence-electron chi connectivity index (χ0n) is 28.5. The predicted molar refractivity (Wildman–Crippen MR) is 184 cm³/mol. The fraction of sp³-hybridized carbons (Fsp3) is 0.686. The minimum absolute atomic E-state index is 0.0140. The van der Waals surface area contributed by atoms with Gasteiger partial charge in [0.2, 0.25) is 0 Å². The summed E-state index contributed by atoms with van der Waals surface area (Å²) in [5.41, 5.74) is 1.26. The van der Waals surface area contributed by atoms with Gasteiger partial charge in [0.1, 0.15) is 11.6 Å². The Morgan fingerprint density at radius 2 is 1.59 bits per heavy atom. The number of unbranched alkanes of at least 4 members (excludes halogenated alkanes) is 12. The summed E-state index contributed by atoms with van der Waals surface area (Å²) in [6.07, 6.45) is 16.8. The van der Waals surface area contributed by atoms with Crippen LogP contribution >= 0.6 is 11.6 Å². The summed E-state index contributed by atoms with van der Waals surface area (Å²) >= 11 is 6.56. The normalized spacial score (nSPS) is 12.5. The first-order chi connectivity index (χ1) is 22.1. The number of esters is 1. The minimum Gasteiger partial charge on any atom is -0.486 e. The second-order valence-corrected chi connectivity index (χ2v) is 13.7. The molecule has 0 aliphatic rings. The zero-order chi connectivity index (χ0) is 33.5. The molecule has 0 amide bonds. The molecule has 2 heterocycles. The molecule has 1 aromatic carbocycles. The van der Waals surface area contributed by atoms with E-state index in [0.717, 1.165) is 50.6 Å². The number of carbonyl (C=O) groups excluding carboxylic acids is 1. The number of aromatic amines is 1. The van der Waals surface area contributed by atoms with E-state index in [1.165, 1.54) is 61.7 Å². The van der Waals surface area contributed by atoms with Crippen LogP contribution in [-0.4, -0.2) is 43.9 Å². The Balaban J connectivity index is 1.59. The Hall–Kier alpha value is -3.14. The molecule has 3 aromatic rings. The number of nitro groups is 1. The Morgan fingerprint density at radius 3 is 2.17 bits per heavy atom. The Bertz CT molecular complexity index is 1380. The smallest absolute Gasteiger partial charge is 0.312 e. The first-order valence-electron chi connectivity index (χ1n) is 17.3. The number of nitro benzene ring substituents is 1. The molecule has 3 rings (SSSR count). The topological polar surface area (TPSA) is 125 Å². The molecular weight excluding hydrogens is 606 g/mol. The number of carbonyl (C=O) groups is 1. The zero-order valence-corrected chi connectivity index (χ0v) is 29.3. The molecule has 1 N–H and O–H groups in total. The van der Waals surface area contributed by atoms with Gasteiger partial charge in [-0.25, -0.2) is 4.98 Å². The van der Waals surface area contributed by atoms with Crippen molar-refractivity contribution >= 4 is 28.9 Å². The molecule has 0 aliphatic heterocycles. The van der Waals surface area contributed by atoms with E-state index in [4.69, 9.17) is 21.1 Å². The highest BCUT2D eigenvalue weighted by atomic mass is 35.5. The van der Waals surface area contributed by atoms with Gasteiger partial charge >= 0.3 is 11.7 Å². The van der Waals surface area contributed by atoms with Crippen molar-refractivity contribution in [1.82, 2.24) is 19.8 Å². The van der Waals surface area contributed by atoms with Gasteiger partial charge in [0, 0.05) is 17.0 Å². The van der Waals surface area contributed by atoms with Crippen LogP contribution in [-0.2, 0) is 14.9 Å². The van der Waals surface area contributed by atoms with Crippen molar-refractivity contribution < 1.29 is 19.2 Å². The summed E-state index contributed by atoms with van der Waals surface area (Å²) in [7, 11) is 0. The molecule has 0 bridgehead atoms. The van der Waals surface area contributed by atoms with Crippen LogP contribution in [0.15, 0.2) is 18.2 Å². The lowest BCUT2D eigenvalue weighted by atomic mass is 9.92. The van der Waals surface area contributed by atoms with E-state index in [9.17, 15) is 14.9 Å². The molecule has 46 heavy (non-hydrogen) atoms. The third-order valence-corrected chi connectivity index (χ3v) is 8.68. The molecule has 1 unspecified atom stereocenters. The molecule has 0 saturated carbocycles. The average Bonchev–Trinajstić information content (AvgIpc) is 3.58. The molecule has 0 saturated heterocycles. The quantitative estimate of drug-likeness (QED) is 0.0492. The number of aromatic nitrogens is 4. The molecule has 256 valence electrons. The number of halogens is 1. The van der Waals surface area contributed by atoms with E-state index < -0.39 is 10.8 Å². The first kappa shape index (κ1) is 37.3. The number of benzene rings is 1. The number of fused-ring (bicyclic) bond motifs is 1. The van der Waals surface area contributed by atoms with Crippen LogP contribution in [0.25, 0.3) is 17.0 Å². The van der Waals surface area contributed by atoms with Gasteiger partial charge < -0.3 is 9.47 Å². The number of nitrogens with one attached hydrogen (secondary N) is 1. The maximum Gasteiger partial charge on any atom is 0.312 e. The highest BCUT2D eigenvalue weighted by Crippen LogP contribution is 2.35. The molecular formula is C35H54ClN5O5. The fourth-order valence-electron chi connectivity index (χ4n) is 5.50. The summed E-state index contributed by atoms with van der Waals surface area (Å²) in [5, 5.41) is 20.1. The van der Waals surface area contributed by atoms with Crippen molar-refractivity contribution in [1.29, 1.82) is 0 Å². The van der Waals surface area contributed by atoms with Crippen molar-refractivity contribution in [3.63, 3.8) is 0 Å². The number of hydrogen-bond acceptors (Lipinski definition) is 7. The highest BCUT2D eigenvalue weighted by molar-refractivity contribution is 6.34. The number of ether oxygens (including phenoxy) is 2. The summed E-state index contributed by atoms with van der Waals surface area (Å²) < 4.78 is 13.1. The lowest BCUT2D eigenvalue weighted by molar-refractivity contribution is -0.385. The third kappa shape index (κ3) is 11.3. The number of nitrogens with zero attached hydrogens (tertiary/aromatic N) is 4. The van der Waals surface area contributed by atoms with Gasteiger partial charge in [0.15, 0.2) is 17.2 Å².